The molecule has 2 amide bonds. The Hall–Kier alpha value is -3.68. The summed E-state index contributed by atoms with van der Waals surface area (Å²) in [4.78, 5) is 39.6. The minimum atomic E-state index is -0.362. The van der Waals surface area contributed by atoms with E-state index in [1.165, 1.54) is 4.57 Å². The fourth-order valence-corrected chi connectivity index (χ4v) is 5.04. The van der Waals surface area contributed by atoms with Crippen LogP contribution >= 0.6 is 12.4 Å². The lowest BCUT2D eigenvalue weighted by molar-refractivity contribution is -0.131. The van der Waals surface area contributed by atoms with Crippen molar-refractivity contribution in [3.05, 3.63) is 47.9 Å². The Labute approximate surface area is 242 Å². The van der Waals surface area contributed by atoms with Crippen LogP contribution in [-0.2, 0) is 16.6 Å². The maximum absolute atomic E-state index is 13.4. The van der Waals surface area contributed by atoms with Crippen LogP contribution in [0.3, 0.4) is 0 Å². The molecule has 1 fully saturated rings. The van der Waals surface area contributed by atoms with Crippen LogP contribution < -0.4 is 16.0 Å². The monoisotopic (exact) mass is 566 g/mol. The Balaban J connectivity index is 0.00000441. The number of nitrogens with one attached hydrogen (secondary N) is 1. The van der Waals surface area contributed by atoms with Crippen LogP contribution in [0.5, 0.6) is 0 Å². The first-order chi connectivity index (χ1) is 18.5. The Morgan fingerprint density at radius 2 is 2.00 bits per heavy atom. The molecule has 10 nitrogen and oxygen atoms in total. The summed E-state index contributed by atoms with van der Waals surface area (Å²) in [5.74, 6) is 1.49. The van der Waals surface area contributed by atoms with E-state index in [4.69, 9.17) is 21.0 Å². The number of amides is 2. The average Bonchev–Trinajstić information content (AvgIpc) is 3.32. The van der Waals surface area contributed by atoms with Crippen LogP contribution in [0.15, 0.2) is 36.5 Å². The van der Waals surface area contributed by atoms with Crippen LogP contribution in [0.4, 0.5) is 16.3 Å². The summed E-state index contributed by atoms with van der Waals surface area (Å²) in [6.07, 6.45) is 3.16. The molecule has 3 aromatic rings. The third-order valence-corrected chi connectivity index (χ3v) is 7.36. The van der Waals surface area contributed by atoms with Gasteiger partial charge < -0.3 is 20.9 Å². The predicted octanol–water partition coefficient (Wildman–Crippen LogP) is 4.32. The number of hydrogen-bond donors (Lipinski definition) is 2. The van der Waals surface area contributed by atoms with E-state index < -0.39 is 0 Å². The molecule has 4 rings (SSSR count). The van der Waals surface area contributed by atoms with Gasteiger partial charge in [0.25, 0.3) is 0 Å². The molecule has 2 atom stereocenters. The summed E-state index contributed by atoms with van der Waals surface area (Å²) in [5.41, 5.74) is 7.60. The second kappa shape index (κ2) is 12.7. The molecule has 3 heterocycles. The zero-order valence-electron chi connectivity index (χ0n) is 23.8. The number of nitrogens with zero attached hydrogens (tertiary/aromatic N) is 6. The van der Waals surface area contributed by atoms with Crippen molar-refractivity contribution < 1.29 is 9.59 Å². The summed E-state index contributed by atoms with van der Waals surface area (Å²) in [5, 5.41) is 12.7. The van der Waals surface area contributed by atoms with Crippen molar-refractivity contribution in [1.29, 1.82) is 5.26 Å². The molecule has 1 aromatic carbocycles. The highest BCUT2D eigenvalue weighted by Crippen LogP contribution is 2.33. The standard InChI is InChI=1S/C29H38N8O2.ClH/c1-19-11-15-36(24(38)10-14-31)18-23(19)35(5)25-22-12-16-37(26(22)34-27(33-25)29(2,3)4)28(39)32-21-8-6-7-20(17-21)9-13-30;/h6-8,12,16-17,19,23H,9-11,13,15,18,30H2,1-5H3,(H,32,39);1H/t19-,23+;/m1./s1. The van der Waals surface area contributed by atoms with Crippen molar-refractivity contribution in [2.75, 3.05) is 36.9 Å². The van der Waals surface area contributed by atoms with Crippen molar-refractivity contribution in [2.24, 2.45) is 11.7 Å². The number of fused-ring (bicyclic) bond motifs is 1. The van der Waals surface area contributed by atoms with Gasteiger partial charge in [-0.3, -0.25) is 9.36 Å². The summed E-state index contributed by atoms with van der Waals surface area (Å²) >= 11 is 0. The summed E-state index contributed by atoms with van der Waals surface area (Å²) < 4.78 is 1.52. The molecular formula is C29H39ClN8O2. The number of nitrogens with two attached hydrogens (primary N) is 1. The molecule has 0 bridgehead atoms. The van der Waals surface area contributed by atoms with Gasteiger partial charge >= 0.3 is 6.03 Å². The molecule has 11 heteroatoms. The van der Waals surface area contributed by atoms with Gasteiger partial charge in [-0.15, -0.1) is 12.4 Å². The first-order valence-electron chi connectivity index (χ1n) is 13.4. The number of rotatable bonds is 6. The zero-order valence-corrected chi connectivity index (χ0v) is 24.7. The highest BCUT2D eigenvalue weighted by atomic mass is 35.5. The maximum atomic E-state index is 13.4. The van der Waals surface area contributed by atoms with E-state index >= 15 is 0 Å². The summed E-state index contributed by atoms with van der Waals surface area (Å²) in [6, 6.07) is 11.2. The normalized spacial score (nSPS) is 17.2. The number of aromatic nitrogens is 3. The predicted molar refractivity (Wildman–Crippen MR) is 160 cm³/mol. The number of likely N-dealkylation sites (tertiary alicyclic amines) is 1. The lowest BCUT2D eigenvalue weighted by Crippen LogP contribution is -2.52. The molecule has 0 radical (unpaired) electrons. The highest BCUT2D eigenvalue weighted by molar-refractivity contribution is 6.00. The molecule has 40 heavy (non-hydrogen) atoms. The lowest BCUT2D eigenvalue weighted by atomic mass is 9.92. The van der Waals surface area contributed by atoms with Gasteiger partial charge in [0.1, 0.15) is 18.1 Å². The van der Waals surface area contributed by atoms with Crippen molar-refractivity contribution >= 4 is 46.9 Å². The number of benzene rings is 1. The van der Waals surface area contributed by atoms with Gasteiger partial charge in [-0.2, -0.15) is 5.26 Å². The van der Waals surface area contributed by atoms with E-state index in [2.05, 4.69) is 17.1 Å². The fraction of sp³-hybridized carbons (Fsp3) is 0.483. The van der Waals surface area contributed by atoms with E-state index in [1.54, 1.807) is 11.1 Å². The maximum Gasteiger partial charge on any atom is 0.331 e. The van der Waals surface area contributed by atoms with Gasteiger partial charge in [-0.05, 0) is 49.1 Å². The quantitative estimate of drug-likeness (QED) is 0.454. The summed E-state index contributed by atoms with van der Waals surface area (Å²) in [6.45, 7) is 9.98. The van der Waals surface area contributed by atoms with Crippen molar-refractivity contribution in [3.63, 3.8) is 0 Å². The molecule has 1 aliphatic rings. The number of anilines is 2. The fourth-order valence-electron chi connectivity index (χ4n) is 5.04. The Morgan fingerprint density at radius 1 is 1.25 bits per heavy atom. The molecule has 0 unspecified atom stereocenters. The molecular weight excluding hydrogens is 528 g/mol. The van der Waals surface area contributed by atoms with Crippen LogP contribution in [0.1, 0.15) is 51.9 Å². The second-order valence-electron chi connectivity index (χ2n) is 11.3. The third-order valence-electron chi connectivity index (χ3n) is 7.36. The number of hydrogen-bond acceptors (Lipinski definition) is 7. The van der Waals surface area contributed by atoms with Crippen molar-refractivity contribution in [2.45, 2.75) is 58.4 Å². The molecule has 214 valence electrons. The minimum absolute atomic E-state index is 0. The first-order valence-corrected chi connectivity index (χ1v) is 13.4. The van der Waals surface area contributed by atoms with E-state index in [9.17, 15) is 9.59 Å². The van der Waals surface area contributed by atoms with Gasteiger partial charge in [0, 0.05) is 37.4 Å². The average molecular weight is 567 g/mol. The van der Waals surface area contributed by atoms with Crippen LogP contribution in [-0.4, -0.2) is 64.1 Å². The minimum Gasteiger partial charge on any atom is -0.354 e. The van der Waals surface area contributed by atoms with E-state index in [0.717, 1.165) is 23.8 Å². The Kier molecular flexibility index (Phi) is 9.77. The van der Waals surface area contributed by atoms with Gasteiger partial charge in [-0.1, -0.05) is 39.8 Å². The Bertz CT molecular complexity index is 1410. The number of carbonyl (C=O) groups is 2. The number of piperidine rings is 1. The molecule has 3 N–H and O–H groups in total. The Morgan fingerprint density at radius 3 is 2.67 bits per heavy atom. The largest absolute Gasteiger partial charge is 0.354 e. The smallest absolute Gasteiger partial charge is 0.331 e. The number of nitriles is 1. The molecule has 1 saturated heterocycles. The summed E-state index contributed by atoms with van der Waals surface area (Å²) in [7, 11) is 1.98. The number of likely N-dealkylation sites (N-methyl/N-ethyl adjacent to an activating group) is 1. The van der Waals surface area contributed by atoms with Gasteiger partial charge in [-0.25, -0.2) is 14.8 Å². The van der Waals surface area contributed by atoms with Gasteiger partial charge in [0.05, 0.1) is 17.5 Å². The van der Waals surface area contributed by atoms with Gasteiger partial charge in [0.2, 0.25) is 5.91 Å². The third kappa shape index (κ3) is 6.54. The van der Waals surface area contributed by atoms with Crippen LogP contribution in [0.2, 0.25) is 0 Å². The SMILES string of the molecule is C[C@@H]1CCN(C(=O)CC#N)C[C@@H]1N(C)c1nc(C(C)(C)C)nc2c1ccn2C(=O)Nc1cccc(CCN)c1.Cl. The van der Waals surface area contributed by atoms with Gasteiger partial charge in [0.15, 0.2) is 5.65 Å². The number of halogens is 1. The van der Waals surface area contributed by atoms with E-state index in [1.807, 2.05) is 64.2 Å². The van der Waals surface area contributed by atoms with Crippen molar-refractivity contribution in [3.8, 4) is 6.07 Å². The lowest BCUT2D eigenvalue weighted by Gasteiger charge is -2.42. The topological polar surface area (TPSA) is 133 Å². The molecule has 0 spiro atoms. The van der Waals surface area contributed by atoms with Crippen LogP contribution in [0, 0.1) is 17.2 Å². The first kappa shape index (κ1) is 30.9. The molecule has 0 aliphatic carbocycles. The molecule has 2 aromatic heterocycles. The zero-order chi connectivity index (χ0) is 28.3. The molecule has 0 saturated carbocycles. The van der Waals surface area contributed by atoms with E-state index in [-0.39, 0.29) is 42.2 Å². The molecule has 1 aliphatic heterocycles. The van der Waals surface area contributed by atoms with Crippen molar-refractivity contribution in [1.82, 2.24) is 19.4 Å². The second-order valence-corrected chi connectivity index (χ2v) is 11.3. The highest BCUT2D eigenvalue weighted by Gasteiger charge is 2.34. The number of carbonyl (C=O) groups excluding carboxylic acids is 2. The van der Waals surface area contributed by atoms with E-state index in [0.29, 0.717) is 48.5 Å². The van der Waals surface area contributed by atoms with Crippen LogP contribution in [0.25, 0.3) is 11.0 Å².